The monoisotopic (exact) mass is 343 g/mol. The Hall–Kier alpha value is 0.140. The highest BCUT2D eigenvalue weighted by atomic mass is 79.9. The molecule has 1 nitrogen and oxygen atoms in total. The summed E-state index contributed by atoms with van der Waals surface area (Å²) in [6, 6.07) is 2.89. The molecule has 1 atom stereocenters. The molecular weight excluding hydrogens is 318 g/mol. The normalized spacial score (nSPS) is 25.4. The molecule has 0 radical (unpaired) electrons. The standard InChI is InChI=1S/C16H26BrNS/c1-3-9-18-16(15-10-14(17)11-19-15)13-7-5-12(4-2)6-8-13/h10-13,16,18H,3-9H2,1-2H3. The van der Waals surface area contributed by atoms with E-state index in [2.05, 4.69) is 46.5 Å². The van der Waals surface area contributed by atoms with Crippen LogP contribution in [0.25, 0.3) is 0 Å². The smallest absolute Gasteiger partial charge is 0.0443 e. The first-order valence-electron chi connectivity index (χ1n) is 7.71. The van der Waals surface area contributed by atoms with E-state index in [-0.39, 0.29) is 0 Å². The van der Waals surface area contributed by atoms with E-state index in [4.69, 9.17) is 0 Å². The number of nitrogens with one attached hydrogen (secondary N) is 1. The minimum Gasteiger partial charge on any atom is -0.309 e. The van der Waals surface area contributed by atoms with Gasteiger partial charge in [-0.25, -0.2) is 0 Å². The number of rotatable bonds is 6. The van der Waals surface area contributed by atoms with Gasteiger partial charge in [0.05, 0.1) is 0 Å². The lowest BCUT2D eigenvalue weighted by atomic mass is 9.77. The first-order valence-corrected chi connectivity index (χ1v) is 9.39. The van der Waals surface area contributed by atoms with Gasteiger partial charge in [-0.3, -0.25) is 0 Å². The number of thiophene rings is 1. The molecule has 0 aliphatic heterocycles. The van der Waals surface area contributed by atoms with E-state index >= 15 is 0 Å². The molecule has 1 unspecified atom stereocenters. The van der Waals surface area contributed by atoms with Gasteiger partial charge in [-0.2, -0.15) is 0 Å². The van der Waals surface area contributed by atoms with Gasteiger partial charge >= 0.3 is 0 Å². The van der Waals surface area contributed by atoms with Crippen LogP contribution in [0.3, 0.4) is 0 Å². The molecule has 1 saturated carbocycles. The lowest BCUT2D eigenvalue weighted by Gasteiger charge is -2.33. The van der Waals surface area contributed by atoms with Crippen molar-refractivity contribution in [3.63, 3.8) is 0 Å². The first kappa shape index (κ1) is 15.5. The Balaban J connectivity index is 2.01. The summed E-state index contributed by atoms with van der Waals surface area (Å²) >= 11 is 5.49. The molecule has 0 bridgehead atoms. The molecule has 19 heavy (non-hydrogen) atoms. The Morgan fingerprint density at radius 3 is 2.58 bits per heavy atom. The van der Waals surface area contributed by atoms with Gasteiger partial charge in [0.1, 0.15) is 0 Å². The molecule has 1 aliphatic rings. The average Bonchev–Trinajstić information content (AvgIpc) is 2.86. The van der Waals surface area contributed by atoms with Crippen LogP contribution in [-0.2, 0) is 0 Å². The molecule has 0 amide bonds. The van der Waals surface area contributed by atoms with Crippen molar-refractivity contribution in [3.05, 3.63) is 20.8 Å². The molecule has 1 aliphatic carbocycles. The van der Waals surface area contributed by atoms with Gasteiger partial charge in [0.2, 0.25) is 0 Å². The largest absolute Gasteiger partial charge is 0.309 e. The van der Waals surface area contributed by atoms with Crippen molar-refractivity contribution in [1.29, 1.82) is 0 Å². The van der Waals surface area contributed by atoms with Crippen molar-refractivity contribution in [2.75, 3.05) is 6.54 Å². The molecule has 3 heteroatoms. The summed E-state index contributed by atoms with van der Waals surface area (Å²) in [6.45, 7) is 5.73. The van der Waals surface area contributed by atoms with Crippen molar-refractivity contribution in [1.82, 2.24) is 5.32 Å². The van der Waals surface area contributed by atoms with Crippen LogP contribution in [-0.4, -0.2) is 6.54 Å². The average molecular weight is 344 g/mol. The predicted octanol–water partition coefficient (Wildman–Crippen LogP) is 5.77. The van der Waals surface area contributed by atoms with Crippen molar-refractivity contribution < 1.29 is 0 Å². The fourth-order valence-electron chi connectivity index (χ4n) is 3.22. The van der Waals surface area contributed by atoms with Crippen molar-refractivity contribution in [2.24, 2.45) is 11.8 Å². The Kier molecular flexibility index (Phi) is 6.37. The third-order valence-corrected chi connectivity index (χ3v) is 6.23. The van der Waals surface area contributed by atoms with Crippen LogP contribution in [0, 0.1) is 11.8 Å². The third-order valence-electron chi connectivity index (χ3n) is 4.45. The molecule has 0 saturated heterocycles. The van der Waals surface area contributed by atoms with E-state index in [0.717, 1.165) is 18.4 Å². The zero-order valence-corrected chi connectivity index (χ0v) is 14.5. The summed E-state index contributed by atoms with van der Waals surface area (Å²) < 4.78 is 1.23. The lowest BCUT2D eigenvalue weighted by Crippen LogP contribution is -2.31. The van der Waals surface area contributed by atoms with Crippen LogP contribution in [0.15, 0.2) is 15.9 Å². The maximum atomic E-state index is 3.79. The number of halogens is 1. The molecule has 2 rings (SSSR count). The van der Waals surface area contributed by atoms with Crippen molar-refractivity contribution in [3.8, 4) is 0 Å². The van der Waals surface area contributed by atoms with Crippen molar-refractivity contribution in [2.45, 2.75) is 58.4 Å². The fourth-order valence-corrected chi connectivity index (χ4v) is 4.83. The van der Waals surface area contributed by atoms with Crippen LogP contribution >= 0.6 is 27.3 Å². The second-order valence-electron chi connectivity index (χ2n) is 5.79. The predicted molar refractivity (Wildman–Crippen MR) is 88.8 cm³/mol. The highest BCUT2D eigenvalue weighted by Crippen LogP contribution is 2.40. The third kappa shape index (κ3) is 4.30. The molecule has 1 aromatic rings. The molecule has 108 valence electrons. The lowest BCUT2D eigenvalue weighted by molar-refractivity contribution is 0.220. The summed E-state index contributed by atoms with van der Waals surface area (Å²) in [5, 5.41) is 6.01. The minimum absolute atomic E-state index is 0.578. The molecular formula is C16H26BrNS. The van der Waals surface area contributed by atoms with Gasteiger partial charge in [0, 0.05) is 20.8 Å². The van der Waals surface area contributed by atoms with Gasteiger partial charge in [-0.1, -0.05) is 33.1 Å². The van der Waals surface area contributed by atoms with Crippen LogP contribution < -0.4 is 5.32 Å². The van der Waals surface area contributed by atoms with E-state index in [1.807, 2.05) is 11.3 Å². The SMILES string of the molecule is CCCNC(c1cc(Br)cs1)C1CCC(CC)CC1. The Morgan fingerprint density at radius 1 is 1.32 bits per heavy atom. The molecule has 0 aromatic carbocycles. The zero-order valence-electron chi connectivity index (χ0n) is 12.1. The maximum Gasteiger partial charge on any atom is 0.0443 e. The highest BCUT2D eigenvalue weighted by Gasteiger charge is 2.28. The first-order chi connectivity index (χ1) is 9.24. The maximum absolute atomic E-state index is 3.79. The van der Waals surface area contributed by atoms with Crippen LogP contribution in [0.4, 0.5) is 0 Å². The second-order valence-corrected chi connectivity index (χ2v) is 7.65. The number of hydrogen-bond acceptors (Lipinski definition) is 2. The van der Waals surface area contributed by atoms with E-state index < -0.39 is 0 Å². The molecule has 1 aromatic heterocycles. The van der Waals surface area contributed by atoms with E-state index in [9.17, 15) is 0 Å². The van der Waals surface area contributed by atoms with Gasteiger partial charge in [0.25, 0.3) is 0 Å². The molecule has 0 spiro atoms. The Labute approximate surface area is 130 Å². The van der Waals surface area contributed by atoms with Gasteiger partial charge in [-0.05, 0) is 59.6 Å². The van der Waals surface area contributed by atoms with Crippen LogP contribution in [0.2, 0.25) is 0 Å². The highest BCUT2D eigenvalue weighted by molar-refractivity contribution is 9.10. The fraction of sp³-hybridized carbons (Fsp3) is 0.750. The second kappa shape index (κ2) is 7.80. The Bertz CT molecular complexity index is 369. The molecule has 1 N–H and O–H groups in total. The number of hydrogen-bond donors (Lipinski definition) is 1. The van der Waals surface area contributed by atoms with Gasteiger partial charge < -0.3 is 5.32 Å². The zero-order chi connectivity index (χ0) is 13.7. The van der Waals surface area contributed by atoms with E-state index in [1.54, 1.807) is 0 Å². The summed E-state index contributed by atoms with van der Waals surface area (Å²) in [7, 11) is 0. The van der Waals surface area contributed by atoms with E-state index in [1.165, 1.54) is 47.9 Å². The van der Waals surface area contributed by atoms with Crippen molar-refractivity contribution >= 4 is 27.3 Å². The van der Waals surface area contributed by atoms with Crippen LogP contribution in [0.1, 0.15) is 63.3 Å². The Morgan fingerprint density at radius 2 is 2.05 bits per heavy atom. The molecule has 1 fully saturated rings. The topological polar surface area (TPSA) is 12.0 Å². The van der Waals surface area contributed by atoms with Gasteiger partial charge in [-0.15, -0.1) is 11.3 Å². The minimum atomic E-state index is 0.578. The van der Waals surface area contributed by atoms with Crippen LogP contribution in [0.5, 0.6) is 0 Å². The molecule has 1 heterocycles. The summed E-state index contributed by atoms with van der Waals surface area (Å²) in [6.07, 6.45) is 8.23. The summed E-state index contributed by atoms with van der Waals surface area (Å²) in [4.78, 5) is 1.51. The summed E-state index contributed by atoms with van der Waals surface area (Å²) in [5.74, 6) is 1.82. The van der Waals surface area contributed by atoms with Gasteiger partial charge in [0.15, 0.2) is 0 Å². The summed E-state index contributed by atoms with van der Waals surface area (Å²) in [5.41, 5.74) is 0. The van der Waals surface area contributed by atoms with E-state index in [0.29, 0.717) is 6.04 Å². The quantitative estimate of drug-likeness (QED) is 0.691.